The number of nitrogens with one attached hydrogen (secondary N) is 2. The van der Waals surface area contributed by atoms with E-state index in [1.807, 2.05) is 48.1 Å². The molecule has 0 radical (unpaired) electrons. The Balaban J connectivity index is 1.68. The highest BCUT2D eigenvalue weighted by molar-refractivity contribution is 5.79. The molecule has 0 aliphatic carbocycles. The maximum Gasteiger partial charge on any atom is 0.203 e. The van der Waals surface area contributed by atoms with Crippen LogP contribution in [-0.2, 0) is 13.1 Å². The van der Waals surface area contributed by atoms with Gasteiger partial charge in [0.1, 0.15) is 0 Å². The number of aromatic nitrogens is 2. The van der Waals surface area contributed by atoms with E-state index in [1.54, 1.807) is 27.5 Å². The van der Waals surface area contributed by atoms with E-state index in [9.17, 15) is 0 Å². The minimum absolute atomic E-state index is 0.463. The second kappa shape index (κ2) is 10.9. The molecule has 31 heavy (non-hydrogen) atoms. The van der Waals surface area contributed by atoms with Gasteiger partial charge in [0.15, 0.2) is 17.5 Å². The molecule has 2 N–H and O–H groups in total. The van der Waals surface area contributed by atoms with Crippen molar-refractivity contribution in [1.82, 2.24) is 20.4 Å². The summed E-state index contributed by atoms with van der Waals surface area (Å²) < 4.78 is 18.1. The fraction of sp³-hybridized carbons (Fsp3) is 0.304. The fourth-order valence-corrected chi connectivity index (χ4v) is 3.11. The van der Waals surface area contributed by atoms with Crippen LogP contribution in [0.15, 0.2) is 59.9 Å². The minimum Gasteiger partial charge on any atom is -0.493 e. The van der Waals surface area contributed by atoms with Crippen molar-refractivity contribution < 1.29 is 14.2 Å². The number of nitrogens with zero attached hydrogens (tertiary/aromatic N) is 3. The van der Waals surface area contributed by atoms with Gasteiger partial charge >= 0.3 is 0 Å². The number of hydrogen-bond acceptors (Lipinski definition) is 5. The van der Waals surface area contributed by atoms with Crippen LogP contribution in [0.5, 0.6) is 17.2 Å². The summed E-state index contributed by atoms with van der Waals surface area (Å²) in [6, 6.07) is 14.0. The molecule has 3 rings (SSSR count). The number of aliphatic imine (C=N–C) groups is 1. The van der Waals surface area contributed by atoms with Crippen LogP contribution in [0, 0.1) is 0 Å². The molecule has 0 atom stereocenters. The third-order valence-electron chi connectivity index (χ3n) is 4.65. The average Bonchev–Trinajstić information content (AvgIpc) is 3.35. The lowest BCUT2D eigenvalue weighted by Crippen LogP contribution is -2.36. The van der Waals surface area contributed by atoms with Crippen LogP contribution < -0.4 is 24.8 Å². The van der Waals surface area contributed by atoms with Crippen LogP contribution in [0.4, 0.5) is 0 Å². The molecule has 3 aromatic rings. The smallest absolute Gasteiger partial charge is 0.203 e. The standard InChI is InChI=1S/C23H29N5O3/c1-5-24-23(25-15-17-7-9-19(10-8-17)28-12-6-11-27-28)26-16-18-13-20(29-2)22(31-4)21(14-18)30-3/h6-14H,5,15-16H2,1-4H3,(H2,24,25,26). The molecule has 0 saturated heterocycles. The molecule has 164 valence electrons. The lowest BCUT2D eigenvalue weighted by Gasteiger charge is -2.14. The van der Waals surface area contributed by atoms with Crippen molar-refractivity contribution in [2.45, 2.75) is 20.0 Å². The molecule has 8 nitrogen and oxygen atoms in total. The predicted octanol–water partition coefficient (Wildman–Crippen LogP) is 3.15. The van der Waals surface area contributed by atoms with Gasteiger partial charge in [-0.05, 0) is 48.4 Å². The van der Waals surface area contributed by atoms with Crippen molar-refractivity contribution in [2.24, 2.45) is 4.99 Å². The first kappa shape index (κ1) is 22.0. The highest BCUT2D eigenvalue weighted by atomic mass is 16.5. The lowest BCUT2D eigenvalue weighted by molar-refractivity contribution is 0.324. The van der Waals surface area contributed by atoms with E-state index in [0.717, 1.165) is 29.3 Å². The van der Waals surface area contributed by atoms with Crippen LogP contribution in [-0.4, -0.2) is 43.6 Å². The number of hydrogen-bond donors (Lipinski definition) is 2. The van der Waals surface area contributed by atoms with Crippen molar-refractivity contribution >= 4 is 5.96 Å². The minimum atomic E-state index is 0.463. The zero-order valence-corrected chi connectivity index (χ0v) is 18.4. The van der Waals surface area contributed by atoms with Gasteiger partial charge in [0, 0.05) is 25.5 Å². The van der Waals surface area contributed by atoms with E-state index in [0.29, 0.717) is 30.3 Å². The summed E-state index contributed by atoms with van der Waals surface area (Å²) in [7, 11) is 4.80. The number of guanidine groups is 1. The van der Waals surface area contributed by atoms with Gasteiger partial charge in [-0.25, -0.2) is 9.67 Å². The number of rotatable bonds is 9. The third-order valence-corrected chi connectivity index (χ3v) is 4.65. The van der Waals surface area contributed by atoms with Crippen LogP contribution in [0.25, 0.3) is 5.69 Å². The van der Waals surface area contributed by atoms with Gasteiger partial charge in [-0.1, -0.05) is 12.1 Å². The highest BCUT2D eigenvalue weighted by Crippen LogP contribution is 2.38. The molecule has 0 amide bonds. The van der Waals surface area contributed by atoms with E-state index in [4.69, 9.17) is 19.2 Å². The summed E-state index contributed by atoms with van der Waals surface area (Å²) in [4.78, 5) is 4.69. The van der Waals surface area contributed by atoms with Gasteiger partial charge in [-0.15, -0.1) is 0 Å². The zero-order valence-electron chi connectivity index (χ0n) is 18.4. The Hall–Kier alpha value is -3.68. The van der Waals surface area contributed by atoms with Gasteiger partial charge < -0.3 is 24.8 Å². The summed E-state index contributed by atoms with van der Waals surface area (Å²) in [6.07, 6.45) is 3.69. The van der Waals surface area contributed by atoms with Crippen LogP contribution in [0.1, 0.15) is 18.1 Å². The van der Waals surface area contributed by atoms with Gasteiger partial charge in [-0.2, -0.15) is 5.10 Å². The molecular weight excluding hydrogens is 394 g/mol. The van der Waals surface area contributed by atoms with Gasteiger partial charge in [0.05, 0.1) is 33.6 Å². The van der Waals surface area contributed by atoms with Gasteiger partial charge in [-0.3, -0.25) is 0 Å². The molecule has 1 aromatic heterocycles. The molecular formula is C23H29N5O3. The summed E-state index contributed by atoms with van der Waals surface area (Å²) in [5, 5.41) is 10.9. The SMILES string of the molecule is CCNC(=NCc1cc(OC)c(OC)c(OC)c1)NCc1ccc(-n2cccn2)cc1. The molecule has 0 unspecified atom stereocenters. The van der Waals surface area contributed by atoms with Crippen molar-refractivity contribution in [3.8, 4) is 22.9 Å². The first-order chi connectivity index (χ1) is 15.2. The van der Waals surface area contributed by atoms with Gasteiger partial charge in [0.25, 0.3) is 0 Å². The Morgan fingerprint density at radius 1 is 0.968 bits per heavy atom. The van der Waals surface area contributed by atoms with Crippen LogP contribution in [0.3, 0.4) is 0 Å². The third kappa shape index (κ3) is 5.69. The van der Waals surface area contributed by atoms with Crippen molar-refractivity contribution in [3.05, 3.63) is 66.0 Å². The normalized spacial score (nSPS) is 11.2. The fourth-order valence-electron chi connectivity index (χ4n) is 3.11. The molecule has 0 saturated carbocycles. The second-order valence-electron chi connectivity index (χ2n) is 6.70. The van der Waals surface area contributed by atoms with E-state index < -0.39 is 0 Å². The average molecular weight is 424 g/mol. The maximum absolute atomic E-state index is 5.42. The monoisotopic (exact) mass is 423 g/mol. The Morgan fingerprint density at radius 3 is 2.23 bits per heavy atom. The largest absolute Gasteiger partial charge is 0.493 e. The van der Waals surface area contributed by atoms with E-state index in [-0.39, 0.29) is 0 Å². The molecule has 1 heterocycles. The molecule has 0 aliphatic rings. The predicted molar refractivity (Wildman–Crippen MR) is 121 cm³/mol. The summed E-state index contributed by atoms with van der Waals surface area (Å²) in [5.74, 6) is 2.53. The number of methoxy groups -OCH3 is 3. The van der Waals surface area contributed by atoms with Crippen LogP contribution in [0.2, 0.25) is 0 Å². The summed E-state index contributed by atoms with van der Waals surface area (Å²) in [5.41, 5.74) is 3.13. The molecule has 0 aliphatic heterocycles. The van der Waals surface area contributed by atoms with Gasteiger partial charge in [0.2, 0.25) is 5.75 Å². The van der Waals surface area contributed by atoms with E-state index in [2.05, 4.69) is 27.9 Å². The quantitative estimate of drug-likeness (QED) is 0.406. The van der Waals surface area contributed by atoms with Crippen LogP contribution >= 0.6 is 0 Å². The molecule has 0 spiro atoms. The molecule has 0 fully saturated rings. The lowest BCUT2D eigenvalue weighted by atomic mass is 10.2. The number of benzene rings is 2. The van der Waals surface area contributed by atoms with Crippen molar-refractivity contribution in [2.75, 3.05) is 27.9 Å². The molecule has 0 bridgehead atoms. The first-order valence-corrected chi connectivity index (χ1v) is 10.1. The Labute approximate surface area is 182 Å². The van der Waals surface area contributed by atoms with Crippen molar-refractivity contribution in [3.63, 3.8) is 0 Å². The first-order valence-electron chi connectivity index (χ1n) is 10.1. The topological polar surface area (TPSA) is 81.9 Å². The second-order valence-corrected chi connectivity index (χ2v) is 6.70. The van der Waals surface area contributed by atoms with E-state index >= 15 is 0 Å². The molecule has 2 aromatic carbocycles. The summed E-state index contributed by atoms with van der Waals surface area (Å²) in [6.45, 7) is 3.92. The maximum atomic E-state index is 5.42. The van der Waals surface area contributed by atoms with E-state index in [1.165, 1.54) is 0 Å². The summed E-state index contributed by atoms with van der Waals surface area (Å²) >= 11 is 0. The Kier molecular flexibility index (Phi) is 7.75. The molecule has 8 heteroatoms. The zero-order chi connectivity index (χ0) is 22.1. The Morgan fingerprint density at radius 2 is 1.68 bits per heavy atom. The Bertz CT molecular complexity index is 960. The highest BCUT2D eigenvalue weighted by Gasteiger charge is 2.13. The number of ether oxygens (including phenoxy) is 3. The van der Waals surface area contributed by atoms with Crippen molar-refractivity contribution in [1.29, 1.82) is 0 Å².